The summed E-state index contributed by atoms with van der Waals surface area (Å²) in [6, 6.07) is 8.15. The number of hydrogen-bond donors (Lipinski definition) is 3. The molecule has 4 rings (SSSR count). The lowest BCUT2D eigenvalue weighted by atomic mass is 10.1. The van der Waals surface area contributed by atoms with Gasteiger partial charge in [0.25, 0.3) is 17.4 Å². The monoisotopic (exact) mass is 439 g/mol. The SMILES string of the molecule is CC(C)(C)OC(=O)NC1CCN(c2ccccc2-n2c(N)c3c(cc2=O)C(=O)NC3=O)C1. The van der Waals surface area contributed by atoms with E-state index in [1.165, 1.54) is 4.57 Å². The third-order valence-corrected chi connectivity index (χ3v) is 5.33. The number of alkyl carbamates (subject to hydrolysis) is 1. The normalized spacial score (nSPS) is 17.8. The van der Waals surface area contributed by atoms with Crippen LogP contribution in [0.2, 0.25) is 0 Å². The molecule has 1 fully saturated rings. The van der Waals surface area contributed by atoms with Gasteiger partial charge in [-0.15, -0.1) is 0 Å². The number of fused-ring (bicyclic) bond motifs is 1. The lowest BCUT2D eigenvalue weighted by molar-refractivity contribution is 0.0508. The van der Waals surface area contributed by atoms with Gasteiger partial charge in [0.2, 0.25) is 0 Å². The van der Waals surface area contributed by atoms with Gasteiger partial charge in [0.1, 0.15) is 11.4 Å². The van der Waals surface area contributed by atoms with Crippen LogP contribution in [0.1, 0.15) is 47.9 Å². The molecule has 2 aromatic rings. The highest BCUT2D eigenvalue weighted by molar-refractivity contribution is 6.23. The van der Waals surface area contributed by atoms with E-state index in [1.54, 1.807) is 32.9 Å². The van der Waals surface area contributed by atoms with Gasteiger partial charge >= 0.3 is 6.09 Å². The fourth-order valence-electron chi connectivity index (χ4n) is 4.02. The Morgan fingerprint density at radius 3 is 2.53 bits per heavy atom. The summed E-state index contributed by atoms with van der Waals surface area (Å²) in [7, 11) is 0. The second-order valence-corrected chi connectivity index (χ2v) is 8.84. The average molecular weight is 439 g/mol. The fourth-order valence-corrected chi connectivity index (χ4v) is 4.02. The zero-order valence-electron chi connectivity index (χ0n) is 18.1. The van der Waals surface area contributed by atoms with Gasteiger partial charge in [-0.05, 0) is 39.3 Å². The van der Waals surface area contributed by atoms with Gasteiger partial charge in [-0.25, -0.2) is 4.79 Å². The second-order valence-electron chi connectivity index (χ2n) is 8.84. The number of carbonyl (C=O) groups is 3. The highest BCUT2D eigenvalue weighted by Crippen LogP contribution is 2.30. The van der Waals surface area contributed by atoms with Crippen LogP contribution >= 0.6 is 0 Å². The summed E-state index contributed by atoms with van der Waals surface area (Å²) < 4.78 is 6.57. The summed E-state index contributed by atoms with van der Waals surface area (Å²) in [6.07, 6.45) is 0.214. The number of pyridine rings is 1. The van der Waals surface area contributed by atoms with Gasteiger partial charge in [-0.3, -0.25) is 24.3 Å². The van der Waals surface area contributed by atoms with Crippen molar-refractivity contribution in [3.63, 3.8) is 0 Å². The first kappa shape index (κ1) is 21.4. The zero-order chi connectivity index (χ0) is 23.2. The molecular weight excluding hydrogens is 414 g/mol. The number of nitrogens with zero attached hydrogens (tertiary/aromatic N) is 2. The number of nitrogen functional groups attached to an aromatic ring is 1. The van der Waals surface area contributed by atoms with Crippen LogP contribution < -0.4 is 26.8 Å². The molecule has 10 heteroatoms. The number of carbonyl (C=O) groups excluding carboxylic acids is 3. The molecule has 0 spiro atoms. The van der Waals surface area contributed by atoms with Crippen molar-refractivity contribution in [2.45, 2.75) is 38.8 Å². The maximum atomic E-state index is 12.9. The minimum atomic E-state index is -0.634. The van der Waals surface area contributed by atoms with Gasteiger partial charge in [-0.1, -0.05) is 12.1 Å². The standard InChI is InChI=1S/C22H25N5O5/c1-22(2,3)32-21(31)24-12-8-9-26(11-12)14-6-4-5-7-15(14)27-16(28)10-13-17(18(27)23)20(30)25-19(13)29/h4-7,10,12H,8-9,11,23H2,1-3H3,(H,24,31)(H,25,29,30). The van der Waals surface area contributed by atoms with Gasteiger partial charge in [-0.2, -0.15) is 0 Å². The molecule has 1 unspecified atom stereocenters. The van der Waals surface area contributed by atoms with Crippen molar-refractivity contribution in [1.82, 2.24) is 15.2 Å². The first-order valence-electron chi connectivity index (χ1n) is 10.3. The number of ether oxygens (including phenoxy) is 1. The number of amides is 3. The van der Waals surface area contributed by atoms with Gasteiger partial charge < -0.3 is 20.7 Å². The number of para-hydroxylation sites is 2. The molecule has 0 radical (unpaired) electrons. The van der Waals surface area contributed by atoms with E-state index in [-0.39, 0.29) is 23.0 Å². The molecule has 4 N–H and O–H groups in total. The second kappa shape index (κ2) is 7.70. The zero-order valence-corrected chi connectivity index (χ0v) is 18.1. The molecule has 1 saturated heterocycles. The number of nitrogens with one attached hydrogen (secondary N) is 2. The van der Waals surface area contributed by atoms with Gasteiger partial charge in [0.05, 0.1) is 28.5 Å². The third-order valence-electron chi connectivity index (χ3n) is 5.33. The van der Waals surface area contributed by atoms with E-state index in [4.69, 9.17) is 10.5 Å². The Labute approximate surface area is 184 Å². The molecule has 3 amide bonds. The van der Waals surface area contributed by atoms with Crippen LogP contribution in [-0.2, 0) is 4.74 Å². The number of anilines is 2. The van der Waals surface area contributed by atoms with Crippen LogP contribution in [-0.4, -0.2) is 47.2 Å². The summed E-state index contributed by atoms with van der Waals surface area (Å²) >= 11 is 0. The molecular formula is C22H25N5O5. The molecule has 0 bridgehead atoms. The van der Waals surface area contributed by atoms with Crippen molar-refractivity contribution in [2.75, 3.05) is 23.7 Å². The smallest absolute Gasteiger partial charge is 0.407 e. The molecule has 0 saturated carbocycles. The lowest BCUT2D eigenvalue weighted by Crippen LogP contribution is -2.40. The van der Waals surface area contributed by atoms with Gasteiger partial charge in [0.15, 0.2) is 0 Å². The Balaban J connectivity index is 1.64. The van der Waals surface area contributed by atoms with Crippen molar-refractivity contribution in [1.29, 1.82) is 0 Å². The van der Waals surface area contributed by atoms with Crippen molar-refractivity contribution in [3.8, 4) is 5.69 Å². The topological polar surface area (TPSA) is 136 Å². The minimum absolute atomic E-state index is 0.00436. The third kappa shape index (κ3) is 3.91. The van der Waals surface area contributed by atoms with Crippen LogP contribution in [0.15, 0.2) is 35.1 Å². The maximum absolute atomic E-state index is 12.9. The van der Waals surface area contributed by atoms with E-state index < -0.39 is 29.1 Å². The number of nitrogens with two attached hydrogens (primary N) is 1. The van der Waals surface area contributed by atoms with Crippen molar-refractivity contribution >= 4 is 29.4 Å². The molecule has 10 nitrogen and oxygen atoms in total. The van der Waals surface area contributed by atoms with Crippen molar-refractivity contribution in [3.05, 3.63) is 51.8 Å². The number of imide groups is 1. The number of hydrogen-bond acceptors (Lipinski definition) is 7. The summed E-state index contributed by atoms with van der Waals surface area (Å²) in [5.74, 6) is -1.35. The molecule has 1 aromatic carbocycles. The molecule has 1 aromatic heterocycles. The Bertz CT molecular complexity index is 1180. The Hall–Kier alpha value is -3.82. The highest BCUT2D eigenvalue weighted by atomic mass is 16.6. The average Bonchev–Trinajstić information content (AvgIpc) is 3.25. The molecule has 1 atom stereocenters. The van der Waals surface area contributed by atoms with E-state index in [0.29, 0.717) is 25.2 Å². The number of benzene rings is 1. The molecule has 168 valence electrons. The van der Waals surface area contributed by atoms with E-state index in [0.717, 1.165) is 11.8 Å². The Morgan fingerprint density at radius 1 is 1.16 bits per heavy atom. The maximum Gasteiger partial charge on any atom is 0.407 e. The van der Waals surface area contributed by atoms with Gasteiger partial charge in [0, 0.05) is 19.2 Å². The quantitative estimate of drug-likeness (QED) is 0.615. The van der Waals surface area contributed by atoms with Crippen molar-refractivity contribution in [2.24, 2.45) is 0 Å². The summed E-state index contributed by atoms with van der Waals surface area (Å²) in [6.45, 7) is 6.55. The molecule has 32 heavy (non-hydrogen) atoms. The first-order valence-corrected chi connectivity index (χ1v) is 10.3. The molecule has 3 heterocycles. The molecule has 0 aliphatic carbocycles. The Morgan fingerprint density at radius 2 is 1.84 bits per heavy atom. The van der Waals surface area contributed by atoms with Crippen LogP contribution in [0.5, 0.6) is 0 Å². The van der Waals surface area contributed by atoms with Crippen LogP contribution in [0.25, 0.3) is 5.69 Å². The largest absolute Gasteiger partial charge is 0.444 e. The van der Waals surface area contributed by atoms with E-state index in [9.17, 15) is 19.2 Å². The van der Waals surface area contributed by atoms with E-state index in [1.807, 2.05) is 17.0 Å². The predicted molar refractivity (Wildman–Crippen MR) is 118 cm³/mol. The summed E-state index contributed by atoms with van der Waals surface area (Å²) in [4.78, 5) is 51.1. The summed E-state index contributed by atoms with van der Waals surface area (Å²) in [5, 5.41) is 5.04. The lowest BCUT2D eigenvalue weighted by Gasteiger charge is -2.24. The molecule has 2 aliphatic rings. The van der Waals surface area contributed by atoms with E-state index in [2.05, 4.69) is 10.6 Å². The number of rotatable bonds is 3. The van der Waals surface area contributed by atoms with Crippen LogP contribution in [0, 0.1) is 0 Å². The minimum Gasteiger partial charge on any atom is -0.444 e. The first-order chi connectivity index (χ1) is 15.0. The summed E-state index contributed by atoms with van der Waals surface area (Å²) in [5.41, 5.74) is 6.28. The Kier molecular flexibility index (Phi) is 5.15. The highest BCUT2D eigenvalue weighted by Gasteiger charge is 2.33. The number of aromatic nitrogens is 1. The predicted octanol–water partition coefficient (Wildman–Crippen LogP) is 1.41. The van der Waals surface area contributed by atoms with Crippen molar-refractivity contribution < 1.29 is 19.1 Å². The fraction of sp³-hybridized carbons (Fsp3) is 0.364. The van der Waals surface area contributed by atoms with Crippen LogP contribution in [0.4, 0.5) is 16.3 Å². The van der Waals surface area contributed by atoms with E-state index >= 15 is 0 Å². The molecule has 2 aliphatic heterocycles. The van der Waals surface area contributed by atoms with Crippen LogP contribution in [0.3, 0.4) is 0 Å².